The Hall–Kier alpha value is -1.52. The summed E-state index contributed by atoms with van der Waals surface area (Å²) in [6, 6.07) is 6.03. The van der Waals surface area contributed by atoms with Crippen molar-refractivity contribution in [2.45, 2.75) is 30.1 Å². The Morgan fingerprint density at radius 2 is 1.81 bits per heavy atom. The van der Waals surface area contributed by atoms with Crippen LogP contribution < -0.4 is 4.83 Å². The number of hydrazone groups is 1. The highest BCUT2D eigenvalue weighted by molar-refractivity contribution is 7.89. The number of benzene rings is 1. The van der Waals surface area contributed by atoms with Crippen molar-refractivity contribution in [2.75, 3.05) is 6.61 Å². The van der Waals surface area contributed by atoms with E-state index in [0.29, 0.717) is 0 Å². The molecular weight excluding hydrogens is 300 g/mol. The Bertz CT molecular complexity index is 572. The van der Waals surface area contributed by atoms with E-state index >= 15 is 0 Å². The van der Waals surface area contributed by atoms with Crippen LogP contribution >= 0.6 is 0 Å². The van der Waals surface area contributed by atoms with Gasteiger partial charge in [-0.3, -0.25) is 0 Å². The average molecular weight is 318 g/mol. The number of hydrogen-bond donors (Lipinski definition) is 5. The molecule has 0 aliphatic heterocycles. The van der Waals surface area contributed by atoms with Crippen LogP contribution in [-0.4, -0.2) is 60.0 Å². The lowest BCUT2D eigenvalue weighted by atomic mass is 10.1. The molecule has 0 fully saturated rings. The molecule has 8 nitrogen and oxygen atoms in total. The highest BCUT2D eigenvalue weighted by Gasteiger charge is 2.22. The van der Waals surface area contributed by atoms with Gasteiger partial charge in [-0.15, -0.1) is 0 Å². The molecule has 1 aromatic rings. The third-order valence-corrected chi connectivity index (χ3v) is 3.90. The maximum atomic E-state index is 11.8. The molecule has 1 aromatic carbocycles. The predicted molar refractivity (Wildman–Crippen MR) is 75.1 cm³/mol. The van der Waals surface area contributed by atoms with Gasteiger partial charge in [-0.1, -0.05) is 17.7 Å². The molecule has 0 aliphatic carbocycles. The number of rotatable bonds is 7. The molecule has 0 aromatic heterocycles. The van der Waals surface area contributed by atoms with Gasteiger partial charge in [0.25, 0.3) is 10.0 Å². The first-order chi connectivity index (χ1) is 9.77. The van der Waals surface area contributed by atoms with Gasteiger partial charge in [0.1, 0.15) is 18.3 Å². The van der Waals surface area contributed by atoms with Crippen LogP contribution in [0.3, 0.4) is 0 Å². The van der Waals surface area contributed by atoms with Gasteiger partial charge in [-0.05, 0) is 19.1 Å². The maximum absolute atomic E-state index is 11.8. The quantitative estimate of drug-likeness (QED) is 0.301. The Labute approximate surface area is 122 Å². The first kappa shape index (κ1) is 17.5. The highest BCUT2D eigenvalue weighted by Crippen LogP contribution is 2.09. The van der Waals surface area contributed by atoms with Gasteiger partial charge >= 0.3 is 0 Å². The molecule has 9 heteroatoms. The van der Waals surface area contributed by atoms with Gasteiger partial charge in [0.05, 0.1) is 17.7 Å². The van der Waals surface area contributed by atoms with E-state index in [1.807, 2.05) is 11.8 Å². The number of nitrogens with zero attached hydrogens (tertiary/aromatic N) is 1. The van der Waals surface area contributed by atoms with Crippen molar-refractivity contribution in [2.24, 2.45) is 5.10 Å². The number of nitrogens with one attached hydrogen (secondary N) is 1. The van der Waals surface area contributed by atoms with Crippen LogP contribution in [0.5, 0.6) is 0 Å². The van der Waals surface area contributed by atoms with Crippen LogP contribution in [0.15, 0.2) is 34.3 Å². The molecule has 0 saturated heterocycles. The van der Waals surface area contributed by atoms with Crippen LogP contribution in [0.1, 0.15) is 5.56 Å². The van der Waals surface area contributed by atoms with Crippen LogP contribution in [0.2, 0.25) is 0 Å². The molecule has 0 aliphatic rings. The van der Waals surface area contributed by atoms with E-state index in [0.717, 1.165) is 11.8 Å². The summed E-state index contributed by atoms with van der Waals surface area (Å²) in [5.74, 6) is 0. The van der Waals surface area contributed by atoms with Gasteiger partial charge in [0, 0.05) is 0 Å². The molecule has 21 heavy (non-hydrogen) atoms. The van der Waals surface area contributed by atoms with Crippen molar-refractivity contribution in [3.05, 3.63) is 29.8 Å². The fourth-order valence-corrected chi connectivity index (χ4v) is 2.17. The molecular formula is C12H18N2O6S. The standard InChI is InChI=1S/C12H18N2O6S/c1-8-2-4-9(5-3-8)21(19,20)14-13-6-10(16)12(18)11(17)7-15/h2-6,10-12,14-18H,7H2,1H3/b13-6-/t10-,11+,12-/m0/s1. The molecule has 0 spiro atoms. The van der Waals surface area contributed by atoms with Crippen LogP contribution in [-0.2, 0) is 10.0 Å². The monoisotopic (exact) mass is 318 g/mol. The summed E-state index contributed by atoms with van der Waals surface area (Å²) in [6.45, 7) is 1.06. The van der Waals surface area contributed by atoms with Gasteiger partial charge < -0.3 is 20.4 Å². The third kappa shape index (κ3) is 5.06. The molecule has 0 bridgehead atoms. The SMILES string of the molecule is Cc1ccc(S(=O)(=O)N/N=C\[C@H](O)[C@H](O)[C@H](O)CO)cc1. The number of aliphatic hydroxyl groups is 4. The lowest BCUT2D eigenvalue weighted by molar-refractivity contribution is -0.0542. The topological polar surface area (TPSA) is 139 Å². The van der Waals surface area contributed by atoms with E-state index < -0.39 is 34.9 Å². The summed E-state index contributed by atoms with van der Waals surface area (Å²) in [4.78, 5) is 1.86. The van der Waals surface area contributed by atoms with Gasteiger partial charge in [0.2, 0.25) is 0 Å². The third-order valence-electron chi connectivity index (χ3n) is 2.66. The Morgan fingerprint density at radius 3 is 2.33 bits per heavy atom. The van der Waals surface area contributed by atoms with E-state index in [9.17, 15) is 18.6 Å². The zero-order valence-electron chi connectivity index (χ0n) is 11.3. The van der Waals surface area contributed by atoms with E-state index in [1.165, 1.54) is 12.1 Å². The molecule has 0 saturated carbocycles. The fourth-order valence-electron chi connectivity index (χ4n) is 1.37. The summed E-state index contributed by atoms with van der Waals surface area (Å²) < 4.78 is 23.7. The summed E-state index contributed by atoms with van der Waals surface area (Å²) in [5.41, 5.74) is 0.897. The fraction of sp³-hybridized carbons (Fsp3) is 0.417. The van der Waals surface area contributed by atoms with Crippen molar-refractivity contribution >= 4 is 16.2 Å². The van der Waals surface area contributed by atoms with E-state index in [2.05, 4.69) is 5.10 Å². The van der Waals surface area contributed by atoms with Crippen molar-refractivity contribution in [3.8, 4) is 0 Å². The van der Waals surface area contributed by atoms with Crippen molar-refractivity contribution < 1.29 is 28.8 Å². The Morgan fingerprint density at radius 1 is 1.24 bits per heavy atom. The maximum Gasteiger partial charge on any atom is 0.276 e. The Kier molecular flexibility index (Phi) is 6.24. The number of hydrogen-bond acceptors (Lipinski definition) is 7. The van der Waals surface area contributed by atoms with Gasteiger partial charge in [0.15, 0.2) is 0 Å². The molecule has 0 radical (unpaired) electrons. The van der Waals surface area contributed by atoms with Crippen molar-refractivity contribution in [1.29, 1.82) is 0 Å². The summed E-state index contributed by atoms with van der Waals surface area (Å²) in [5, 5.41) is 39.8. The molecule has 1 rings (SSSR count). The summed E-state index contributed by atoms with van der Waals surface area (Å²) in [7, 11) is -3.88. The Balaban J connectivity index is 2.69. The highest BCUT2D eigenvalue weighted by atomic mass is 32.2. The molecule has 118 valence electrons. The number of aryl methyl sites for hydroxylation is 1. The van der Waals surface area contributed by atoms with Crippen LogP contribution in [0.4, 0.5) is 0 Å². The minimum atomic E-state index is -3.88. The van der Waals surface area contributed by atoms with Crippen LogP contribution in [0, 0.1) is 6.92 Å². The number of sulfonamides is 1. The first-order valence-corrected chi connectivity index (χ1v) is 7.53. The largest absolute Gasteiger partial charge is 0.394 e. The zero-order chi connectivity index (χ0) is 16.0. The van der Waals surface area contributed by atoms with Gasteiger partial charge in [-0.2, -0.15) is 13.5 Å². The second-order valence-corrected chi connectivity index (χ2v) is 6.08. The lowest BCUT2D eigenvalue weighted by Crippen LogP contribution is -2.40. The van der Waals surface area contributed by atoms with E-state index in [4.69, 9.17) is 10.2 Å². The van der Waals surface area contributed by atoms with Crippen molar-refractivity contribution in [3.63, 3.8) is 0 Å². The number of aliphatic hydroxyl groups excluding tert-OH is 4. The summed E-state index contributed by atoms with van der Waals surface area (Å²) >= 11 is 0. The lowest BCUT2D eigenvalue weighted by Gasteiger charge is -2.18. The predicted octanol–water partition coefficient (Wildman–Crippen LogP) is -1.67. The second kappa shape index (κ2) is 7.48. The average Bonchev–Trinajstić information content (AvgIpc) is 2.45. The normalized spacial score (nSPS) is 16.6. The van der Waals surface area contributed by atoms with Gasteiger partial charge in [-0.25, -0.2) is 4.83 Å². The molecule has 0 unspecified atom stereocenters. The van der Waals surface area contributed by atoms with E-state index in [-0.39, 0.29) is 4.90 Å². The van der Waals surface area contributed by atoms with Crippen molar-refractivity contribution in [1.82, 2.24) is 4.83 Å². The summed E-state index contributed by atoms with van der Waals surface area (Å²) in [6.07, 6.45) is -4.15. The minimum Gasteiger partial charge on any atom is -0.394 e. The zero-order valence-corrected chi connectivity index (χ0v) is 12.1. The second-order valence-electron chi connectivity index (χ2n) is 4.42. The molecule has 5 N–H and O–H groups in total. The molecule has 0 amide bonds. The molecule has 3 atom stereocenters. The van der Waals surface area contributed by atoms with E-state index in [1.54, 1.807) is 12.1 Å². The minimum absolute atomic E-state index is 0.00400. The molecule has 0 heterocycles. The smallest absolute Gasteiger partial charge is 0.276 e. The first-order valence-electron chi connectivity index (χ1n) is 6.04. The van der Waals surface area contributed by atoms with Crippen LogP contribution in [0.25, 0.3) is 0 Å².